The molecule has 2 atom stereocenters. The molecule has 0 saturated heterocycles. The zero-order valence-electron chi connectivity index (χ0n) is 15.8. The van der Waals surface area contributed by atoms with Crippen molar-refractivity contribution in [3.05, 3.63) is 12.2 Å². The third kappa shape index (κ3) is 4.79. The molecule has 2 unspecified atom stereocenters. The van der Waals surface area contributed by atoms with Crippen LogP contribution in [-0.2, 0) is 8.85 Å². The lowest BCUT2D eigenvalue weighted by molar-refractivity contribution is 0.0376. The quantitative estimate of drug-likeness (QED) is 0.352. The van der Waals surface area contributed by atoms with Gasteiger partial charge in [-0.15, -0.1) is 0 Å². The number of hydrogen-bond acceptors (Lipinski definition) is 2. The third-order valence-corrected chi connectivity index (χ3v) is 15.3. The van der Waals surface area contributed by atoms with E-state index in [4.69, 9.17) is 8.85 Å². The van der Waals surface area contributed by atoms with Crippen LogP contribution in [0.4, 0.5) is 0 Å². The highest BCUT2D eigenvalue weighted by Gasteiger charge is 2.39. The molecule has 0 aromatic carbocycles. The van der Waals surface area contributed by atoms with Gasteiger partial charge in [-0.05, 0) is 49.1 Å². The topological polar surface area (TPSA) is 18.5 Å². The zero-order chi connectivity index (χ0) is 16.6. The maximum Gasteiger partial charge on any atom is 0.192 e. The summed E-state index contributed by atoms with van der Waals surface area (Å²) in [5.74, 6) is 0. The van der Waals surface area contributed by atoms with Gasteiger partial charge in [-0.25, -0.2) is 0 Å². The molecular formula is C18H38O2Si2. The van der Waals surface area contributed by atoms with Crippen molar-refractivity contribution in [2.45, 2.75) is 103 Å². The Balaban J connectivity index is 2.86. The van der Waals surface area contributed by atoms with Crippen LogP contribution in [0.15, 0.2) is 12.2 Å². The second kappa shape index (κ2) is 9.40. The van der Waals surface area contributed by atoms with E-state index in [0.717, 1.165) is 12.8 Å². The summed E-state index contributed by atoms with van der Waals surface area (Å²) in [6.45, 7) is 13.9. The Bertz CT molecular complexity index is 287. The maximum atomic E-state index is 6.80. The first-order valence-electron chi connectivity index (χ1n) is 9.54. The molecule has 0 fully saturated rings. The van der Waals surface area contributed by atoms with Crippen molar-refractivity contribution >= 4 is 16.6 Å². The zero-order valence-corrected chi connectivity index (χ0v) is 17.8. The lowest BCUT2D eigenvalue weighted by Gasteiger charge is -2.41. The van der Waals surface area contributed by atoms with Crippen LogP contribution in [0, 0.1) is 0 Å². The molecule has 1 rings (SSSR count). The van der Waals surface area contributed by atoms with Crippen molar-refractivity contribution < 1.29 is 8.85 Å². The van der Waals surface area contributed by atoms with Gasteiger partial charge < -0.3 is 8.85 Å². The van der Waals surface area contributed by atoms with Gasteiger partial charge in [0.25, 0.3) is 0 Å². The van der Waals surface area contributed by atoms with E-state index in [1.165, 1.54) is 36.3 Å². The van der Waals surface area contributed by atoms with Crippen LogP contribution in [0.3, 0.4) is 0 Å². The predicted molar refractivity (Wildman–Crippen MR) is 103 cm³/mol. The first-order chi connectivity index (χ1) is 10.5. The van der Waals surface area contributed by atoms with Crippen molar-refractivity contribution in [2.24, 2.45) is 0 Å². The third-order valence-electron chi connectivity index (χ3n) is 5.99. The van der Waals surface area contributed by atoms with Gasteiger partial charge >= 0.3 is 0 Å². The summed E-state index contributed by atoms with van der Waals surface area (Å²) in [6.07, 6.45) is 7.29. The van der Waals surface area contributed by atoms with Gasteiger partial charge in [0.2, 0.25) is 0 Å². The molecule has 0 heterocycles. The van der Waals surface area contributed by atoms with Gasteiger partial charge in [-0.1, -0.05) is 53.7 Å². The monoisotopic (exact) mass is 342 g/mol. The van der Waals surface area contributed by atoms with Crippen LogP contribution < -0.4 is 0 Å². The van der Waals surface area contributed by atoms with Gasteiger partial charge in [-0.2, -0.15) is 0 Å². The summed E-state index contributed by atoms with van der Waals surface area (Å²) in [6, 6.07) is 7.36. The average molecular weight is 343 g/mol. The molecule has 1 aliphatic rings. The van der Waals surface area contributed by atoms with E-state index in [1.807, 2.05) is 0 Å². The molecule has 0 aromatic rings. The minimum absolute atomic E-state index is 0.299. The Morgan fingerprint density at radius 3 is 1.14 bits per heavy atom. The molecule has 0 aliphatic heterocycles. The minimum Gasteiger partial charge on any atom is -0.411 e. The molecular weight excluding hydrogens is 304 g/mol. The van der Waals surface area contributed by atoms with Crippen LogP contribution in [0.2, 0.25) is 36.3 Å². The highest BCUT2D eigenvalue weighted by atomic mass is 28.4. The van der Waals surface area contributed by atoms with Gasteiger partial charge in [0, 0.05) is 0 Å². The molecule has 0 radical (unpaired) electrons. The van der Waals surface area contributed by atoms with Crippen LogP contribution in [0.5, 0.6) is 0 Å². The Hall–Kier alpha value is 0.0938. The van der Waals surface area contributed by atoms with Crippen LogP contribution in [0.25, 0.3) is 0 Å². The van der Waals surface area contributed by atoms with E-state index in [2.05, 4.69) is 53.7 Å². The number of rotatable bonds is 10. The van der Waals surface area contributed by atoms with E-state index in [-0.39, 0.29) is 0 Å². The number of hydrogen-bond donors (Lipinski definition) is 0. The van der Waals surface area contributed by atoms with Crippen molar-refractivity contribution in [3.8, 4) is 0 Å². The largest absolute Gasteiger partial charge is 0.411 e. The van der Waals surface area contributed by atoms with Crippen LogP contribution >= 0.6 is 0 Å². The molecule has 1 aliphatic carbocycles. The Morgan fingerprint density at radius 2 is 0.909 bits per heavy atom. The maximum absolute atomic E-state index is 6.80. The summed E-state index contributed by atoms with van der Waals surface area (Å²) < 4.78 is 13.6. The molecule has 0 bridgehead atoms. The van der Waals surface area contributed by atoms with Crippen LogP contribution in [-0.4, -0.2) is 28.8 Å². The fourth-order valence-corrected chi connectivity index (χ4v) is 9.43. The molecule has 22 heavy (non-hydrogen) atoms. The van der Waals surface area contributed by atoms with E-state index >= 15 is 0 Å². The molecule has 0 amide bonds. The SMILES string of the molecule is CC[Si](CC)(CC)OC1CC=CCC1O[Si](CC)(CC)CC. The lowest BCUT2D eigenvalue weighted by Crippen LogP contribution is -2.49. The second-order valence-corrected chi connectivity index (χ2v) is 16.2. The highest BCUT2D eigenvalue weighted by molar-refractivity contribution is 6.74. The summed E-state index contributed by atoms with van der Waals surface area (Å²) in [4.78, 5) is 0. The first-order valence-corrected chi connectivity index (χ1v) is 14.6. The Morgan fingerprint density at radius 1 is 0.636 bits per heavy atom. The average Bonchev–Trinajstić information content (AvgIpc) is 2.59. The van der Waals surface area contributed by atoms with E-state index in [0.29, 0.717) is 12.2 Å². The summed E-state index contributed by atoms with van der Waals surface area (Å²) in [5, 5.41) is 0. The standard InChI is InChI=1S/C18H38O2Si2/c1-7-21(8-2,9-3)19-17-15-13-14-16-18(17)20-22(10-4,11-5)12-6/h13-14,17-18H,7-12,15-16H2,1-6H3. The molecule has 0 N–H and O–H groups in total. The minimum atomic E-state index is -1.55. The molecule has 0 spiro atoms. The van der Waals surface area contributed by atoms with Crippen molar-refractivity contribution in [1.82, 2.24) is 0 Å². The normalized spacial score (nSPS) is 23.0. The van der Waals surface area contributed by atoms with E-state index in [9.17, 15) is 0 Å². The smallest absolute Gasteiger partial charge is 0.192 e. The molecule has 2 nitrogen and oxygen atoms in total. The molecule has 0 saturated carbocycles. The van der Waals surface area contributed by atoms with Crippen molar-refractivity contribution in [2.75, 3.05) is 0 Å². The van der Waals surface area contributed by atoms with Crippen LogP contribution in [0.1, 0.15) is 54.4 Å². The van der Waals surface area contributed by atoms with E-state index < -0.39 is 16.6 Å². The first kappa shape index (κ1) is 20.1. The van der Waals surface area contributed by atoms with Crippen molar-refractivity contribution in [1.29, 1.82) is 0 Å². The lowest BCUT2D eigenvalue weighted by atomic mass is 10.0. The van der Waals surface area contributed by atoms with Gasteiger partial charge in [0.15, 0.2) is 16.6 Å². The molecule has 130 valence electrons. The molecule has 4 heteroatoms. The van der Waals surface area contributed by atoms with Gasteiger partial charge in [-0.3, -0.25) is 0 Å². The Labute approximate surface area is 140 Å². The van der Waals surface area contributed by atoms with Crippen molar-refractivity contribution in [3.63, 3.8) is 0 Å². The van der Waals surface area contributed by atoms with Gasteiger partial charge in [0.1, 0.15) is 0 Å². The molecule has 0 aromatic heterocycles. The summed E-state index contributed by atoms with van der Waals surface area (Å²) in [5.41, 5.74) is 0. The van der Waals surface area contributed by atoms with Gasteiger partial charge in [0.05, 0.1) is 12.2 Å². The predicted octanol–water partition coefficient (Wildman–Crippen LogP) is 6.12. The summed E-state index contributed by atoms with van der Waals surface area (Å²) >= 11 is 0. The van der Waals surface area contributed by atoms with E-state index in [1.54, 1.807) is 0 Å². The summed E-state index contributed by atoms with van der Waals surface area (Å²) in [7, 11) is -3.10. The Kier molecular flexibility index (Phi) is 8.61. The fourth-order valence-electron chi connectivity index (χ4n) is 3.65. The fraction of sp³-hybridized carbons (Fsp3) is 0.889. The second-order valence-electron chi connectivity index (χ2n) is 6.74. The highest BCUT2D eigenvalue weighted by Crippen LogP contribution is 2.32.